The van der Waals surface area contributed by atoms with Crippen LogP contribution in [0.1, 0.15) is 13.8 Å². The van der Waals surface area contributed by atoms with Gasteiger partial charge in [-0.3, -0.25) is 4.57 Å². The van der Waals surface area contributed by atoms with Crippen LogP contribution in [0.2, 0.25) is 0 Å². The van der Waals surface area contributed by atoms with Gasteiger partial charge in [-0.15, -0.1) is 0 Å². The van der Waals surface area contributed by atoms with Crippen molar-refractivity contribution < 1.29 is 9.46 Å². The molecule has 1 aromatic rings. The highest BCUT2D eigenvalue weighted by molar-refractivity contribution is 7.66. The molecule has 0 bridgehead atoms. The van der Waals surface area contributed by atoms with Crippen molar-refractivity contribution in [3.63, 3.8) is 0 Å². The minimum atomic E-state index is -3.10. The summed E-state index contributed by atoms with van der Waals surface area (Å²) in [4.78, 5) is 9.71. The molecule has 0 saturated heterocycles. The van der Waals surface area contributed by atoms with Gasteiger partial charge >= 0.3 is 0 Å². The smallest absolute Gasteiger partial charge is 0.229 e. The van der Waals surface area contributed by atoms with Gasteiger partial charge in [-0.1, -0.05) is 32.0 Å². The minimum absolute atomic E-state index is 0.246. The standard InChI is InChI=1S/C10H15O2P/c1-9(2)8-13(11,12)10-6-4-3-5-7-10/h3-7,9H,8H2,1-2H3,(H,11,12). The summed E-state index contributed by atoms with van der Waals surface area (Å²) in [6, 6.07) is 8.85. The lowest BCUT2D eigenvalue weighted by Crippen LogP contribution is -2.09. The molecule has 0 aromatic heterocycles. The average Bonchev–Trinajstić information content (AvgIpc) is 2.04. The van der Waals surface area contributed by atoms with Crippen LogP contribution in [-0.4, -0.2) is 11.1 Å². The summed E-state index contributed by atoms with van der Waals surface area (Å²) in [5.74, 6) is 0.246. The van der Waals surface area contributed by atoms with E-state index >= 15 is 0 Å². The quantitative estimate of drug-likeness (QED) is 0.756. The molecular weight excluding hydrogens is 183 g/mol. The second kappa shape index (κ2) is 4.08. The fourth-order valence-corrected chi connectivity index (χ4v) is 3.10. The highest BCUT2D eigenvalue weighted by Crippen LogP contribution is 2.40. The third-order valence-electron chi connectivity index (χ3n) is 1.77. The monoisotopic (exact) mass is 198 g/mol. The van der Waals surface area contributed by atoms with Crippen molar-refractivity contribution in [1.82, 2.24) is 0 Å². The maximum atomic E-state index is 11.8. The minimum Gasteiger partial charge on any atom is -0.341 e. The molecule has 2 nitrogen and oxygen atoms in total. The molecule has 1 N–H and O–H groups in total. The molecule has 0 fully saturated rings. The molecule has 0 heterocycles. The largest absolute Gasteiger partial charge is 0.341 e. The van der Waals surface area contributed by atoms with E-state index in [2.05, 4.69) is 0 Å². The molecule has 0 amide bonds. The van der Waals surface area contributed by atoms with Gasteiger partial charge in [-0.25, -0.2) is 0 Å². The van der Waals surface area contributed by atoms with Crippen LogP contribution >= 0.6 is 7.37 Å². The number of benzene rings is 1. The van der Waals surface area contributed by atoms with E-state index in [1.807, 2.05) is 19.9 Å². The van der Waals surface area contributed by atoms with Crippen LogP contribution in [-0.2, 0) is 4.57 Å². The lowest BCUT2D eigenvalue weighted by atomic mass is 10.3. The van der Waals surface area contributed by atoms with Crippen LogP contribution in [0, 0.1) is 5.92 Å². The Labute approximate surface area is 79.1 Å². The van der Waals surface area contributed by atoms with Crippen molar-refractivity contribution >= 4 is 12.7 Å². The lowest BCUT2D eigenvalue weighted by molar-refractivity contribution is 0.480. The van der Waals surface area contributed by atoms with Gasteiger partial charge in [0.15, 0.2) is 0 Å². The van der Waals surface area contributed by atoms with Gasteiger partial charge in [-0.2, -0.15) is 0 Å². The van der Waals surface area contributed by atoms with Crippen LogP contribution < -0.4 is 5.30 Å². The first kappa shape index (κ1) is 10.5. The van der Waals surface area contributed by atoms with Gasteiger partial charge in [0.25, 0.3) is 0 Å². The lowest BCUT2D eigenvalue weighted by Gasteiger charge is -2.13. The molecule has 0 saturated carbocycles. The van der Waals surface area contributed by atoms with Gasteiger partial charge in [-0.05, 0) is 18.1 Å². The summed E-state index contributed by atoms with van der Waals surface area (Å²) in [5.41, 5.74) is 0. The number of rotatable bonds is 3. The van der Waals surface area contributed by atoms with Crippen LogP contribution in [0.3, 0.4) is 0 Å². The zero-order valence-corrected chi connectivity index (χ0v) is 8.87. The molecule has 0 aliphatic carbocycles. The van der Waals surface area contributed by atoms with Crippen LogP contribution in [0.15, 0.2) is 30.3 Å². The second-order valence-electron chi connectivity index (χ2n) is 3.61. The maximum Gasteiger partial charge on any atom is 0.229 e. The van der Waals surface area contributed by atoms with E-state index in [0.29, 0.717) is 11.5 Å². The zero-order valence-electron chi connectivity index (χ0n) is 7.97. The summed E-state index contributed by atoms with van der Waals surface area (Å²) >= 11 is 0. The fraction of sp³-hybridized carbons (Fsp3) is 0.400. The maximum absolute atomic E-state index is 11.8. The Kier molecular flexibility index (Phi) is 3.29. The molecule has 0 spiro atoms. The third kappa shape index (κ3) is 2.98. The van der Waals surface area contributed by atoms with Gasteiger partial charge in [0.1, 0.15) is 0 Å². The van der Waals surface area contributed by atoms with Gasteiger partial charge in [0.05, 0.1) is 0 Å². The van der Waals surface area contributed by atoms with E-state index in [9.17, 15) is 9.46 Å². The summed E-state index contributed by atoms with van der Waals surface area (Å²) in [5, 5.41) is 0.559. The first-order valence-corrected chi connectivity index (χ1v) is 6.24. The van der Waals surface area contributed by atoms with Crippen LogP contribution in [0.25, 0.3) is 0 Å². The van der Waals surface area contributed by atoms with Crippen molar-refractivity contribution in [2.45, 2.75) is 13.8 Å². The molecule has 0 aliphatic heterocycles. The Hall–Kier alpha value is -0.590. The predicted octanol–water partition coefficient (Wildman–Crippen LogP) is 2.24. The van der Waals surface area contributed by atoms with Gasteiger partial charge in [0.2, 0.25) is 7.37 Å². The van der Waals surface area contributed by atoms with Crippen LogP contribution in [0.4, 0.5) is 0 Å². The van der Waals surface area contributed by atoms with E-state index in [-0.39, 0.29) is 5.92 Å². The van der Waals surface area contributed by atoms with E-state index in [1.165, 1.54) is 0 Å². The Morgan fingerprint density at radius 2 is 1.85 bits per heavy atom. The zero-order chi connectivity index (χ0) is 9.90. The van der Waals surface area contributed by atoms with E-state index < -0.39 is 7.37 Å². The fourth-order valence-electron chi connectivity index (χ4n) is 1.26. The number of hydrogen-bond donors (Lipinski definition) is 1. The van der Waals surface area contributed by atoms with Crippen molar-refractivity contribution in [3.05, 3.63) is 30.3 Å². The molecular formula is C10H15O2P. The summed E-state index contributed by atoms with van der Waals surface area (Å²) in [6.07, 6.45) is 0.358. The van der Waals surface area contributed by atoms with Crippen molar-refractivity contribution in [2.24, 2.45) is 5.92 Å². The topological polar surface area (TPSA) is 37.3 Å². The van der Waals surface area contributed by atoms with Gasteiger partial charge < -0.3 is 4.89 Å². The predicted molar refractivity (Wildman–Crippen MR) is 55.6 cm³/mol. The molecule has 1 aromatic carbocycles. The first-order chi connectivity index (χ1) is 6.02. The molecule has 0 aliphatic rings. The summed E-state index contributed by atoms with van der Waals surface area (Å²) in [6.45, 7) is 3.90. The van der Waals surface area contributed by atoms with Crippen molar-refractivity contribution in [2.75, 3.05) is 6.16 Å². The Bertz CT molecular complexity index is 306. The highest BCUT2D eigenvalue weighted by atomic mass is 31.2. The molecule has 0 radical (unpaired) electrons. The average molecular weight is 198 g/mol. The Morgan fingerprint density at radius 1 is 1.31 bits per heavy atom. The summed E-state index contributed by atoms with van der Waals surface area (Å²) in [7, 11) is -3.10. The molecule has 1 rings (SSSR count). The van der Waals surface area contributed by atoms with E-state index in [1.54, 1.807) is 24.3 Å². The van der Waals surface area contributed by atoms with Gasteiger partial charge in [0, 0.05) is 11.5 Å². The SMILES string of the molecule is CC(C)CP(=O)(O)c1ccccc1. The number of hydrogen-bond acceptors (Lipinski definition) is 1. The Morgan fingerprint density at radius 3 is 2.31 bits per heavy atom. The molecule has 13 heavy (non-hydrogen) atoms. The summed E-state index contributed by atoms with van der Waals surface area (Å²) < 4.78 is 11.8. The van der Waals surface area contributed by atoms with E-state index in [0.717, 1.165) is 0 Å². The first-order valence-electron chi connectivity index (χ1n) is 4.40. The molecule has 3 heteroatoms. The van der Waals surface area contributed by atoms with E-state index in [4.69, 9.17) is 0 Å². The van der Waals surface area contributed by atoms with Crippen molar-refractivity contribution in [1.29, 1.82) is 0 Å². The Balaban J connectivity index is 2.88. The normalized spacial score (nSPS) is 15.7. The molecule has 1 unspecified atom stereocenters. The highest BCUT2D eigenvalue weighted by Gasteiger charge is 2.21. The molecule has 72 valence electrons. The second-order valence-corrected chi connectivity index (χ2v) is 5.90. The third-order valence-corrected chi connectivity index (χ3v) is 4.10. The molecule has 1 atom stereocenters. The van der Waals surface area contributed by atoms with Crippen molar-refractivity contribution in [3.8, 4) is 0 Å². The van der Waals surface area contributed by atoms with Crippen LogP contribution in [0.5, 0.6) is 0 Å².